The lowest BCUT2D eigenvalue weighted by Crippen LogP contribution is -2.30. The summed E-state index contributed by atoms with van der Waals surface area (Å²) >= 11 is 0. The Morgan fingerprint density at radius 1 is 1.33 bits per heavy atom. The number of carbonyl (C=O) groups excluding carboxylic acids is 1. The zero-order valence-corrected chi connectivity index (χ0v) is 11.5. The molecule has 0 fully saturated rings. The number of aliphatic hydroxyl groups is 1. The topological polar surface area (TPSA) is 105 Å². The fourth-order valence-corrected chi connectivity index (χ4v) is 1.99. The highest BCUT2D eigenvalue weighted by atomic mass is 16.5. The quantitative estimate of drug-likeness (QED) is 0.384. The van der Waals surface area contributed by atoms with E-state index in [0.717, 1.165) is 5.56 Å². The highest BCUT2D eigenvalue weighted by Crippen LogP contribution is 2.11. The molecule has 0 spiro atoms. The number of nitrogens with zero attached hydrogens (tertiary/aromatic N) is 2. The van der Waals surface area contributed by atoms with Crippen LogP contribution < -0.4 is 11.3 Å². The first-order chi connectivity index (χ1) is 10.2. The number of nitrogens with one attached hydrogen (secondary N) is 1. The summed E-state index contributed by atoms with van der Waals surface area (Å²) in [5.41, 5.74) is 3.26. The molecule has 0 radical (unpaired) electrons. The van der Waals surface area contributed by atoms with E-state index in [9.17, 15) is 4.79 Å². The van der Waals surface area contributed by atoms with Crippen molar-refractivity contribution in [2.24, 2.45) is 5.84 Å². The Balaban J connectivity index is 2.02. The second kappa shape index (κ2) is 7.53. The maximum Gasteiger partial charge on any atom is 0.287 e. The van der Waals surface area contributed by atoms with Gasteiger partial charge in [0.15, 0.2) is 11.5 Å². The molecule has 1 aromatic carbocycles. The van der Waals surface area contributed by atoms with Gasteiger partial charge in [-0.1, -0.05) is 35.5 Å². The van der Waals surface area contributed by atoms with Crippen LogP contribution >= 0.6 is 0 Å². The zero-order valence-electron chi connectivity index (χ0n) is 11.5. The second-order valence-electron chi connectivity index (χ2n) is 4.57. The maximum atomic E-state index is 11.3. The Bertz CT molecular complexity index is 571. The van der Waals surface area contributed by atoms with Crippen LogP contribution in [-0.4, -0.2) is 34.2 Å². The van der Waals surface area contributed by atoms with E-state index in [-0.39, 0.29) is 12.3 Å². The molecule has 0 bridgehead atoms. The predicted octanol–water partition coefficient (Wildman–Crippen LogP) is 0.273. The summed E-state index contributed by atoms with van der Waals surface area (Å²) in [7, 11) is 0. The molecule has 21 heavy (non-hydrogen) atoms. The number of carbonyl (C=O) groups is 1. The van der Waals surface area contributed by atoms with Crippen molar-refractivity contribution >= 4 is 5.91 Å². The van der Waals surface area contributed by atoms with Gasteiger partial charge in [0.05, 0.1) is 13.2 Å². The van der Waals surface area contributed by atoms with Crippen molar-refractivity contribution in [3.05, 3.63) is 53.4 Å². The van der Waals surface area contributed by atoms with Gasteiger partial charge in [0.25, 0.3) is 5.91 Å². The average Bonchev–Trinajstić information content (AvgIpc) is 2.96. The molecule has 1 heterocycles. The van der Waals surface area contributed by atoms with Gasteiger partial charge in [-0.2, -0.15) is 0 Å². The average molecular weight is 290 g/mol. The first-order valence-corrected chi connectivity index (χ1v) is 6.56. The molecule has 112 valence electrons. The number of rotatable bonds is 7. The zero-order chi connectivity index (χ0) is 15.1. The monoisotopic (exact) mass is 290 g/mol. The van der Waals surface area contributed by atoms with E-state index in [2.05, 4.69) is 5.16 Å². The SMILES string of the molecule is NNC(=O)c1cc(CN(CCO)Cc2ccccc2)on1. The number of hydrogen-bond acceptors (Lipinski definition) is 6. The van der Waals surface area contributed by atoms with Crippen LogP contribution in [-0.2, 0) is 13.1 Å². The molecular formula is C14H18N4O3. The third-order valence-electron chi connectivity index (χ3n) is 2.97. The van der Waals surface area contributed by atoms with Gasteiger partial charge in [-0.3, -0.25) is 15.1 Å². The van der Waals surface area contributed by atoms with Gasteiger partial charge in [0.2, 0.25) is 0 Å². The number of benzene rings is 1. The van der Waals surface area contributed by atoms with Crippen LogP contribution in [0.25, 0.3) is 0 Å². The molecular weight excluding hydrogens is 272 g/mol. The van der Waals surface area contributed by atoms with Crippen LogP contribution in [0.3, 0.4) is 0 Å². The highest BCUT2D eigenvalue weighted by molar-refractivity contribution is 5.91. The minimum Gasteiger partial charge on any atom is -0.395 e. The van der Waals surface area contributed by atoms with Gasteiger partial charge in [0.1, 0.15) is 0 Å². The van der Waals surface area contributed by atoms with Crippen molar-refractivity contribution < 1.29 is 14.4 Å². The van der Waals surface area contributed by atoms with E-state index >= 15 is 0 Å². The summed E-state index contributed by atoms with van der Waals surface area (Å²) in [6.45, 7) is 1.64. The summed E-state index contributed by atoms with van der Waals surface area (Å²) in [6.07, 6.45) is 0. The molecule has 7 heteroatoms. The number of aliphatic hydroxyl groups excluding tert-OH is 1. The first-order valence-electron chi connectivity index (χ1n) is 6.56. The standard InChI is InChI=1S/C14H18N4O3/c15-16-14(20)13-8-12(21-17-13)10-18(6-7-19)9-11-4-2-1-3-5-11/h1-5,8,19H,6-7,9-10,15H2,(H,16,20). The summed E-state index contributed by atoms with van der Waals surface area (Å²) in [5.74, 6) is 5.08. The fraction of sp³-hybridized carbons (Fsp3) is 0.286. The highest BCUT2D eigenvalue weighted by Gasteiger charge is 2.14. The molecule has 1 amide bonds. The normalized spacial score (nSPS) is 10.8. The minimum atomic E-state index is -0.498. The molecule has 0 aliphatic rings. The fourth-order valence-electron chi connectivity index (χ4n) is 1.99. The van der Waals surface area contributed by atoms with Crippen molar-refractivity contribution in [3.8, 4) is 0 Å². The summed E-state index contributed by atoms with van der Waals surface area (Å²) in [4.78, 5) is 13.3. The van der Waals surface area contributed by atoms with Crippen LogP contribution in [0.5, 0.6) is 0 Å². The Morgan fingerprint density at radius 2 is 2.10 bits per heavy atom. The van der Waals surface area contributed by atoms with Gasteiger partial charge in [-0.05, 0) is 5.56 Å². The maximum absolute atomic E-state index is 11.3. The molecule has 0 aliphatic heterocycles. The summed E-state index contributed by atoms with van der Waals surface area (Å²) < 4.78 is 5.11. The van der Waals surface area contributed by atoms with Crippen LogP contribution in [0, 0.1) is 0 Å². The Hall–Kier alpha value is -2.22. The summed E-state index contributed by atoms with van der Waals surface area (Å²) in [6, 6.07) is 11.4. The molecule has 1 aromatic heterocycles. The lowest BCUT2D eigenvalue weighted by atomic mass is 10.2. The smallest absolute Gasteiger partial charge is 0.287 e. The van der Waals surface area contributed by atoms with E-state index in [4.69, 9.17) is 15.5 Å². The Labute approximate surface area is 122 Å². The molecule has 7 nitrogen and oxygen atoms in total. The van der Waals surface area contributed by atoms with Crippen LogP contribution in [0.1, 0.15) is 21.8 Å². The van der Waals surface area contributed by atoms with E-state index in [0.29, 0.717) is 25.4 Å². The second-order valence-corrected chi connectivity index (χ2v) is 4.57. The van der Waals surface area contributed by atoms with Gasteiger partial charge >= 0.3 is 0 Å². The first kappa shape index (κ1) is 15.2. The van der Waals surface area contributed by atoms with E-state index in [1.165, 1.54) is 6.07 Å². The Kier molecular flexibility index (Phi) is 5.44. The third kappa shape index (κ3) is 4.38. The van der Waals surface area contributed by atoms with Crippen molar-refractivity contribution in [2.45, 2.75) is 13.1 Å². The predicted molar refractivity (Wildman–Crippen MR) is 75.8 cm³/mol. The minimum absolute atomic E-state index is 0.0388. The van der Waals surface area contributed by atoms with Gasteiger partial charge < -0.3 is 9.63 Å². The number of nitrogen functional groups attached to an aromatic ring is 1. The molecule has 4 N–H and O–H groups in total. The molecule has 0 saturated carbocycles. The summed E-state index contributed by atoms with van der Waals surface area (Å²) in [5, 5.41) is 12.8. The third-order valence-corrected chi connectivity index (χ3v) is 2.97. The molecule has 0 unspecified atom stereocenters. The molecule has 0 saturated heterocycles. The van der Waals surface area contributed by atoms with Crippen molar-refractivity contribution in [3.63, 3.8) is 0 Å². The van der Waals surface area contributed by atoms with Crippen LogP contribution in [0.2, 0.25) is 0 Å². The number of hydrogen-bond donors (Lipinski definition) is 3. The lowest BCUT2D eigenvalue weighted by molar-refractivity contribution is 0.0944. The lowest BCUT2D eigenvalue weighted by Gasteiger charge is -2.19. The van der Waals surface area contributed by atoms with E-state index < -0.39 is 5.91 Å². The largest absolute Gasteiger partial charge is 0.395 e. The van der Waals surface area contributed by atoms with Gasteiger partial charge in [0, 0.05) is 19.2 Å². The van der Waals surface area contributed by atoms with E-state index in [1.54, 1.807) is 0 Å². The number of hydrazine groups is 1. The number of amides is 1. The number of aromatic nitrogens is 1. The number of nitrogens with two attached hydrogens (primary N) is 1. The molecule has 2 rings (SSSR count). The van der Waals surface area contributed by atoms with Crippen molar-refractivity contribution in [1.82, 2.24) is 15.5 Å². The van der Waals surface area contributed by atoms with Gasteiger partial charge in [-0.25, -0.2) is 5.84 Å². The van der Waals surface area contributed by atoms with Crippen LogP contribution in [0.4, 0.5) is 0 Å². The van der Waals surface area contributed by atoms with Gasteiger partial charge in [-0.15, -0.1) is 0 Å². The van der Waals surface area contributed by atoms with Crippen LogP contribution in [0.15, 0.2) is 40.9 Å². The molecule has 0 atom stereocenters. The molecule has 0 aliphatic carbocycles. The van der Waals surface area contributed by atoms with Crippen molar-refractivity contribution in [1.29, 1.82) is 0 Å². The van der Waals surface area contributed by atoms with E-state index in [1.807, 2.05) is 40.7 Å². The Morgan fingerprint density at radius 3 is 2.76 bits per heavy atom. The van der Waals surface area contributed by atoms with Crippen molar-refractivity contribution in [2.75, 3.05) is 13.2 Å². The molecule has 2 aromatic rings.